The fourth-order valence-electron chi connectivity index (χ4n) is 3.05. The zero-order valence-corrected chi connectivity index (χ0v) is 16.6. The molecule has 0 aliphatic heterocycles. The molecule has 31 heavy (non-hydrogen) atoms. The topological polar surface area (TPSA) is 121 Å². The number of benzene rings is 1. The molecule has 0 saturated carbocycles. The predicted molar refractivity (Wildman–Crippen MR) is 112 cm³/mol. The van der Waals surface area contributed by atoms with Crippen LogP contribution in [0.15, 0.2) is 69.1 Å². The van der Waals surface area contributed by atoms with E-state index in [1.165, 1.54) is 16.8 Å². The summed E-state index contributed by atoms with van der Waals surface area (Å²) in [5.74, 6) is 0.354. The van der Waals surface area contributed by atoms with Crippen LogP contribution in [0.5, 0.6) is 5.75 Å². The fourth-order valence-corrected chi connectivity index (χ4v) is 3.05. The molecule has 3 aromatic heterocycles. The van der Waals surface area contributed by atoms with Crippen molar-refractivity contribution in [2.75, 3.05) is 13.2 Å². The van der Waals surface area contributed by atoms with Crippen molar-refractivity contribution < 1.29 is 13.9 Å². The van der Waals surface area contributed by atoms with Crippen LogP contribution in [0.3, 0.4) is 0 Å². The van der Waals surface area contributed by atoms with Gasteiger partial charge in [-0.25, -0.2) is 14.5 Å². The van der Waals surface area contributed by atoms with Gasteiger partial charge in [-0.3, -0.25) is 14.2 Å². The molecule has 0 aliphatic rings. The monoisotopic (exact) mass is 421 g/mol. The Morgan fingerprint density at radius 3 is 2.87 bits per heavy atom. The minimum atomic E-state index is -0.769. The first-order chi connectivity index (χ1) is 15.1. The Balaban J connectivity index is 1.49. The number of amides is 1. The van der Waals surface area contributed by atoms with Crippen LogP contribution in [0.1, 0.15) is 17.3 Å². The molecule has 0 atom stereocenters. The number of aromatic nitrogens is 4. The van der Waals surface area contributed by atoms with E-state index in [0.717, 1.165) is 0 Å². The van der Waals surface area contributed by atoms with Crippen molar-refractivity contribution >= 4 is 16.9 Å². The molecule has 0 spiro atoms. The lowest BCUT2D eigenvalue weighted by Gasteiger charge is -2.09. The fraction of sp³-hybridized carbons (Fsp3) is 0.190. The van der Waals surface area contributed by atoms with Gasteiger partial charge in [0.05, 0.1) is 13.2 Å². The number of imidazole rings is 1. The first-order valence-electron chi connectivity index (χ1n) is 9.61. The zero-order valence-electron chi connectivity index (χ0n) is 16.6. The third-order valence-electron chi connectivity index (χ3n) is 4.50. The van der Waals surface area contributed by atoms with E-state index < -0.39 is 11.5 Å². The summed E-state index contributed by atoms with van der Waals surface area (Å²) >= 11 is 0. The van der Waals surface area contributed by atoms with Crippen LogP contribution < -0.4 is 21.2 Å². The highest BCUT2D eigenvalue weighted by Gasteiger charge is 2.15. The Hall–Kier alpha value is -4.21. The molecular formula is C21H19N5O5. The summed E-state index contributed by atoms with van der Waals surface area (Å²) in [4.78, 5) is 40.9. The van der Waals surface area contributed by atoms with Gasteiger partial charge in [-0.15, -0.1) is 0 Å². The van der Waals surface area contributed by atoms with E-state index >= 15 is 0 Å². The highest BCUT2D eigenvalue weighted by molar-refractivity contribution is 5.97. The Bertz CT molecular complexity index is 1340. The molecule has 4 aromatic rings. The summed E-state index contributed by atoms with van der Waals surface area (Å²) in [5.41, 5.74) is -0.923. The van der Waals surface area contributed by atoms with Crippen molar-refractivity contribution in [3.8, 4) is 11.6 Å². The van der Waals surface area contributed by atoms with Crippen LogP contribution in [-0.4, -0.2) is 38.4 Å². The van der Waals surface area contributed by atoms with E-state index in [0.29, 0.717) is 23.6 Å². The van der Waals surface area contributed by atoms with Gasteiger partial charge in [-0.1, -0.05) is 12.1 Å². The first kappa shape index (κ1) is 20.1. The third kappa shape index (κ3) is 4.22. The molecule has 158 valence electrons. The molecule has 10 nitrogen and oxygen atoms in total. The van der Waals surface area contributed by atoms with Crippen molar-refractivity contribution in [3.63, 3.8) is 0 Å². The Labute approximate surface area is 175 Å². The number of carbonyl (C=O) groups is 1. The third-order valence-corrected chi connectivity index (χ3v) is 4.50. The molecule has 1 aromatic carbocycles. The average molecular weight is 421 g/mol. The predicted octanol–water partition coefficient (Wildman–Crippen LogP) is 1.36. The Morgan fingerprint density at radius 1 is 1.23 bits per heavy atom. The van der Waals surface area contributed by atoms with E-state index in [-0.39, 0.29) is 29.8 Å². The van der Waals surface area contributed by atoms with Gasteiger partial charge < -0.3 is 14.5 Å². The number of nitrogens with one attached hydrogen (secondary N) is 1. The summed E-state index contributed by atoms with van der Waals surface area (Å²) in [6.45, 7) is 2.46. The molecule has 0 unspecified atom stereocenters. The van der Waals surface area contributed by atoms with Crippen molar-refractivity contribution in [2.24, 2.45) is 0 Å². The maximum Gasteiger partial charge on any atom is 0.349 e. The van der Waals surface area contributed by atoms with Gasteiger partial charge in [-0.2, -0.15) is 5.10 Å². The second-order valence-electron chi connectivity index (χ2n) is 6.53. The molecule has 0 saturated heterocycles. The maximum absolute atomic E-state index is 12.5. The summed E-state index contributed by atoms with van der Waals surface area (Å²) in [7, 11) is 0. The Kier molecular flexibility index (Phi) is 5.61. The summed E-state index contributed by atoms with van der Waals surface area (Å²) in [6.07, 6.45) is 4.87. The Morgan fingerprint density at radius 2 is 2.10 bits per heavy atom. The van der Waals surface area contributed by atoms with Crippen LogP contribution in [-0.2, 0) is 6.54 Å². The SMILES string of the molecule is CCOc1cccc2cc(C(=O)NCCn3nc(-n4ccnc4)ccc3=O)c(=O)oc12. The first-order valence-corrected chi connectivity index (χ1v) is 9.61. The van der Waals surface area contributed by atoms with Crippen molar-refractivity contribution in [2.45, 2.75) is 13.5 Å². The number of hydrogen-bond donors (Lipinski definition) is 1. The van der Waals surface area contributed by atoms with Gasteiger partial charge in [-0.05, 0) is 25.1 Å². The lowest BCUT2D eigenvalue weighted by molar-refractivity contribution is 0.0948. The lowest BCUT2D eigenvalue weighted by atomic mass is 10.1. The second kappa shape index (κ2) is 8.66. The molecule has 0 radical (unpaired) electrons. The second-order valence-corrected chi connectivity index (χ2v) is 6.53. The van der Waals surface area contributed by atoms with E-state index in [9.17, 15) is 14.4 Å². The van der Waals surface area contributed by atoms with Crippen LogP contribution in [0.25, 0.3) is 16.8 Å². The highest BCUT2D eigenvalue weighted by atomic mass is 16.5. The number of rotatable bonds is 7. The van der Waals surface area contributed by atoms with Gasteiger partial charge in [0, 0.05) is 30.4 Å². The van der Waals surface area contributed by atoms with Crippen LogP contribution >= 0.6 is 0 Å². The lowest BCUT2D eigenvalue weighted by Crippen LogP contribution is -2.34. The molecule has 1 N–H and O–H groups in total. The van der Waals surface area contributed by atoms with Crippen molar-refractivity contribution in [1.82, 2.24) is 24.6 Å². The average Bonchev–Trinajstić information content (AvgIpc) is 3.30. The number of nitrogens with zero attached hydrogens (tertiary/aromatic N) is 4. The minimum absolute atomic E-state index is 0.0928. The van der Waals surface area contributed by atoms with Crippen molar-refractivity contribution in [3.05, 3.63) is 81.5 Å². The number of ether oxygens (including phenoxy) is 1. The molecule has 4 rings (SSSR count). The number of carbonyl (C=O) groups excluding carboxylic acids is 1. The molecule has 0 fully saturated rings. The van der Waals surface area contributed by atoms with Gasteiger partial charge in [0.15, 0.2) is 17.2 Å². The summed E-state index contributed by atoms with van der Waals surface area (Å²) < 4.78 is 13.7. The maximum atomic E-state index is 12.5. The molecule has 3 heterocycles. The molecule has 1 amide bonds. The van der Waals surface area contributed by atoms with E-state index in [1.54, 1.807) is 47.6 Å². The van der Waals surface area contributed by atoms with E-state index in [4.69, 9.17) is 9.15 Å². The van der Waals surface area contributed by atoms with E-state index in [2.05, 4.69) is 15.4 Å². The van der Waals surface area contributed by atoms with Gasteiger partial charge in [0.1, 0.15) is 11.9 Å². The highest BCUT2D eigenvalue weighted by Crippen LogP contribution is 2.24. The molecular weight excluding hydrogens is 402 g/mol. The van der Waals surface area contributed by atoms with Crippen molar-refractivity contribution in [1.29, 1.82) is 0 Å². The largest absolute Gasteiger partial charge is 0.490 e. The number of fused-ring (bicyclic) bond motifs is 1. The normalized spacial score (nSPS) is 10.9. The van der Waals surface area contributed by atoms with Gasteiger partial charge in [0.25, 0.3) is 11.5 Å². The number of hydrogen-bond acceptors (Lipinski definition) is 7. The van der Waals surface area contributed by atoms with E-state index in [1.807, 2.05) is 6.92 Å². The minimum Gasteiger partial charge on any atom is -0.490 e. The molecule has 0 aliphatic carbocycles. The summed E-state index contributed by atoms with van der Waals surface area (Å²) in [5, 5.41) is 7.45. The van der Waals surface area contributed by atoms with Gasteiger partial charge in [0.2, 0.25) is 0 Å². The number of para-hydroxylation sites is 1. The van der Waals surface area contributed by atoms with Crippen LogP contribution in [0, 0.1) is 0 Å². The van der Waals surface area contributed by atoms with Gasteiger partial charge >= 0.3 is 5.63 Å². The smallest absolute Gasteiger partial charge is 0.349 e. The summed E-state index contributed by atoms with van der Waals surface area (Å²) in [6, 6.07) is 9.59. The molecule has 0 bridgehead atoms. The van der Waals surface area contributed by atoms with Crippen LogP contribution in [0.4, 0.5) is 0 Å². The van der Waals surface area contributed by atoms with Crippen LogP contribution in [0.2, 0.25) is 0 Å². The quantitative estimate of drug-likeness (QED) is 0.447. The molecule has 10 heteroatoms. The zero-order chi connectivity index (χ0) is 21.8. The standard InChI is InChI=1S/C21H19N5O5/c1-2-30-16-5-3-4-14-12-15(21(29)31-19(14)16)20(28)23-9-11-26-18(27)7-6-17(24-26)25-10-8-22-13-25/h3-8,10,12-13H,2,9,11H2,1H3,(H,23,28).